The monoisotopic (exact) mass is 404 g/mol. The second-order valence-electron chi connectivity index (χ2n) is 8.26. The van der Waals surface area contributed by atoms with Crippen molar-refractivity contribution in [3.63, 3.8) is 0 Å². The molecule has 27 heavy (non-hydrogen) atoms. The topological polar surface area (TPSA) is 46.5 Å². The quantitative estimate of drug-likeness (QED) is 0.145. The largest absolute Gasteiger partial charge is 0.327 e. The zero-order chi connectivity index (χ0) is 20.1. The normalized spacial score (nSPS) is 13.7. The summed E-state index contributed by atoms with van der Waals surface area (Å²) in [6.45, 7) is 2.28. The maximum absolute atomic E-state index is 11.3. The summed E-state index contributed by atoms with van der Waals surface area (Å²) >= 11 is 0. The van der Waals surface area contributed by atoms with E-state index in [1.165, 1.54) is 123 Å². The van der Waals surface area contributed by atoms with Gasteiger partial charge >= 0.3 is 7.60 Å². The molecule has 0 fully saturated rings. The Kier molecular flexibility index (Phi) is 21.0. The number of rotatable bonds is 22. The van der Waals surface area contributed by atoms with E-state index in [9.17, 15) is 9.46 Å². The van der Waals surface area contributed by atoms with Crippen LogP contribution in [0.15, 0.2) is 0 Å². The molecule has 0 radical (unpaired) electrons. The summed E-state index contributed by atoms with van der Waals surface area (Å²) < 4.78 is 15.9. The van der Waals surface area contributed by atoms with E-state index in [2.05, 4.69) is 11.4 Å². The van der Waals surface area contributed by atoms with E-state index in [0.29, 0.717) is 6.16 Å². The van der Waals surface area contributed by atoms with Crippen LogP contribution in [0, 0.1) is 0 Å². The Labute approximate surface area is 170 Å². The third-order valence-electron chi connectivity index (χ3n) is 5.58. The molecule has 0 spiro atoms. The van der Waals surface area contributed by atoms with Crippen LogP contribution in [0.2, 0.25) is 0 Å². The predicted molar refractivity (Wildman–Crippen MR) is 120 cm³/mol. The lowest BCUT2D eigenvalue weighted by Crippen LogP contribution is -1.91. The van der Waals surface area contributed by atoms with E-state index in [0.717, 1.165) is 12.8 Å². The Balaban J connectivity index is 3.06. The SMILES string of the molecule is CCCCCCCCCCCCCCCCCCCCCCP(=O)(O)OC. The molecule has 1 N–H and O–H groups in total. The summed E-state index contributed by atoms with van der Waals surface area (Å²) in [7, 11) is -1.95. The van der Waals surface area contributed by atoms with Crippen molar-refractivity contribution in [2.75, 3.05) is 13.3 Å². The van der Waals surface area contributed by atoms with Gasteiger partial charge in [0.1, 0.15) is 0 Å². The first kappa shape index (κ1) is 27.1. The molecule has 164 valence electrons. The third kappa shape index (κ3) is 22.3. The number of hydrogen-bond acceptors (Lipinski definition) is 2. The molecule has 4 heteroatoms. The fourth-order valence-electron chi connectivity index (χ4n) is 3.66. The Morgan fingerprint density at radius 2 is 0.815 bits per heavy atom. The minimum absolute atomic E-state index is 0.308. The second kappa shape index (κ2) is 20.9. The molecule has 0 aliphatic heterocycles. The Morgan fingerprint density at radius 1 is 0.556 bits per heavy atom. The number of hydrogen-bond donors (Lipinski definition) is 1. The van der Waals surface area contributed by atoms with E-state index in [1.807, 2.05) is 0 Å². The van der Waals surface area contributed by atoms with Gasteiger partial charge in [-0.05, 0) is 6.42 Å². The van der Waals surface area contributed by atoms with Crippen molar-refractivity contribution in [1.82, 2.24) is 0 Å². The van der Waals surface area contributed by atoms with Crippen LogP contribution in [0.1, 0.15) is 135 Å². The smallest absolute Gasteiger partial charge is 0.324 e. The standard InChI is InChI=1S/C23H49O3P/c1-3-4-5-6-7-8-9-10-11-12-13-14-15-16-17-18-19-20-21-22-23-27(24,25)26-2/h3-23H2,1-2H3,(H,24,25). The van der Waals surface area contributed by atoms with Crippen molar-refractivity contribution in [3.8, 4) is 0 Å². The molecule has 0 rings (SSSR count). The average molecular weight is 405 g/mol. The molecule has 3 nitrogen and oxygen atoms in total. The second-order valence-corrected chi connectivity index (χ2v) is 10.3. The van der Waals surface area contributed by atoms with Crippen LogP contribution < -0.4 is 0 Å². The zero-order valence-electron chi connectivity index (χ0n) is 18.6. The summed E-state index contributed by atoms with van der Waals surface area (Å²) in [4.78, 5) is 9.31. The van der Waals surface area contributed by atoms with Gasteiger partial charge in [0.05, 0.1) is 0 Å². The molecule has 0 aromatic carbocycles. The highest BCUT2D eigenvalue weighted by atomic mass is 31.2. The fourth-order valence-corrected chi connectivity index (χ4v) is 4.46. The summed E-state index contributed by atoms with van der Waals surface area (Å²) in [6.07, 6.45) is 27.3. The highest BCUT2D eigenvalue weighted by Crippen LogP contribution is 2.41. The highest BCUT2D eigenvalue weighted by molar-refractivity contribution is 7.52. The predicted octanol–water partition coefficient (Wildman–Crippen LogP) is 8.64. The first-order valence-electron chi connectivity index (χ1n) is 12.0. The van der Waals surface area contributed by atoms with Crippen molar-refractivity contribution >= 4 is 7.60 Å². The molecular formula is C23H49O3P. The van der Waals surface area contributed by atoms with Gasteiger partial charge in [-0.25, -0.2) is 0 Å². The fraction of sp³-hybridized carbons (Fsp3) is 1.00. The van der Waals surface area contributed by atoms with E-state index in [1.54, 1.807) is 0 Å². The minimum atomic E-state index is -3.27. The van der Waals surface area contributed by atoms with Gasteiger partial charge in [-0.15, -0.1) is 0 Å². The van der Waals surface area contributed by atoms with Crippen molar-refractivity contribution in [2.45, 2.75) is 135 Å². The van der Waals surface area contributed by atoms with Gasteiger partial charge < -0.3 is 9.42 Å². The molecule has 0 aliphatic carbocycles. The molecule has 0 saturated carbocycles. The van der Waals surface area contributed by atoms with Crippen molar-refractivity contribution in [3.05, 3.63) is 0 Å². The van der Waals surface area contributed by atoms with Gasteiger partial charge in [-0.3, -0.25) is 4.57 Å². The van der Waals surface area contributed by atoms with Gasteiger partial charge in [0.2, 0.25) is 0 Å². The van der Waals surface area contributed by atoms with Crippen LogP contribution in [0.25, 0.3) is 0 Å². The summed E-state index contributed by atoms with van der Waals surface area (Å²) in [5.74, 6) is 0. The molecule has 1 unspecified atom stereocenters. The van der Waals surface area contributed by atoms with Crippen molar-refractivity contribution in [1.29, 1.82) is 0 Å². The van der Waals surface area contributed by atoms with Gasteiger partial charge in [-0.2, -0.15) is 0 Å². The first-order valence-corrected chi connectivity index (χ1v) is 13.8. The molecule has 0 amide bonds. The van der Waals surface area contributed by atoms with Gasteiger partial charge in [-0.1, -0.05) is 129 Å². The lowest BCUT2D eigenvalue weighted by molar-refractivity contribution is 0.314. The molecule has 0 heterocycles. The minimum Gasteiger partial charge on any atom is -0.324 e. The van der Waals surface area contributed by atoms with Crippen molar-refractivity contribution < 1.29 is 14.0 Å². The molecule has 0 aromatic rings. The lowest BCUT2D eigenvalue weighted by atomic mass is 10.0. The van der Waals surface area contributed by atoms with E-state index in [4.69, 9.17) is 0 Å². The molecule has 0 aromatic heterocycles. The Hall–Kier alpha value is 0.150. The summed E-state index contributed by atoms with van der Waals surface area (Å²) in [6, 6.07) is 0. The lowest BCUT2D eigenvalue weighted by Gasteiger charge is -2.07. The van der Waals surface area contributed by atoms with E-state index in [-0.39, 0.29) is 0 Å². The van der Waals surface area contributed by atoms with Crippen LogP contribution >= 0.6 is 7.60 Å². The van der Waals surface area contributed by atoms with Gasteiger partial charge in [0, 0.05) is 13.3 Å². The highest BCUT2D eigenvalue weighted by Gasteiger charge is 2.15. The third-order valence-corrected chi connectivity index (χ3v) is 7.03. The van der Waals surface area contributed by atoms with Crippen LogP contribution in [-0.4, -0.2) is 18.2 Å². The maximum Gasteiger partial charge on any atom is 0.327 e. The average Bonchev–Trinajstić information content (AvgIpc) is 2.66. The Morgan fingerprint density at radius 3 is 1.07 bits per heavy atom. The Bertz CT molecular complexity index is 334. The van der Waals surface area contributed by atoms with Crippen LogP contribution in [0.5, 0.6) is 0 Å². The maximum atomic E-state index is 11.3. The van der Waals surface area contributed by atoms with E-state index < -0.39 is 7.60 Å². The molecule has 1 atom stereocenters. The molecule has 0 bridgehead atoms. The van der Waals surface area contributed by atoms with Crippen LogP contribution in [0.3, 0.4) is 0 Å². The van der Waals surface area contributed by atoms with Gasteiger partial charge in [0.25, 0.3) is 0 Å². The molecule has 0 saturated heterocycles. The first-order chi connectivity index (χ1) is 13.1. The zero-order valence-corrected chi connectivity index (χ0v) is 19.5. The van der Waals surface area contributed by atoms with Crippen LogP contribution in [0.4, 0.5) is 0 Å². The summed E-state index contributed by atoms with van der Waals surface area (Å²) in [5, 5.41) is 0. The number of unbranched alkanes of at least 4 members (excludes halogenated alkanes) is 19. The van der Waals surface area contributed by atoms with Crippen LogP contribution in [-0.2, 0) is 9.09 Å². The van der Waals surface area contributed by atoms with Gasteiger partial charge in [0.15, 0.2) is 0 Å². The molecule has 0 aliphatic rings. The van der Waals surface area contributed by atoms with E-state index >= 15 is 0 Å². The van der Waals surface area contributed by atoms with Crippen molar-refractivity contribution in [2.24, 2.45) is 0 Å². The molecular weight excluding hydrogens is 355 g/mol. The summed E-state index contributed by atoms with van der Waals surface area (Å²) in [5.41, 5.74) is 0.